The van der Waals surface area contributed by atoms with E-state index in [1.165, 1.54) is 0 Å². The highest BCUT2D eigenvalue weighted by Crippen LogP contribution is 2.08. The first-order chi connectivity index (χ1) is 8.69. The Labute approximate surface area is 107 Å². The Morgan fingerprint density at radius 1 is 1.17 bits per heavy atom. The molecule has 0 unspecified atom stereocenters. The van der Waals surface area contributed by atoms with Crippen LogP contribution in [0.2, 0.25) is 0 Å². The van der Waals surface area contributed by atoms with Gasteiger partial charge in [0.1, 0.15) is 0 Å². The van der Waals surface area contributed by atoms with Gasteiger partial charge in [0.25, 0.3) is 0 Å². The maximum Gasteiger partial charge on any atom is 0.235 e. The molecule has 18 heavy (non-hydrogen) atoms. The zero-order valence-electron chi connectivity index (χ0n) is 10.3. The SMILES string of the molecule is NC(=O)[C@@H](Cc1ccccc1)N(CCO)CCO. The van der Waals surface area contributed by atoms with Gasteiger partial charge in [-0.3, -0.25) is 9.69 Å². The minimum Gasteiger partial charge on any atom is -0.395 e. The highest BCUT2D eigenvalue weighted by atomic mass is 16.3. The normalized spacial score (nSPS) is 12.6. The van der Waals surface area contributed by atoms with Crippen LogP contribution >= 0.6 is 0 Å². The average molecular weight is 252 g/mol. The van der Waals surface area contributed by atoms with Gasteiger partial charge in [-0.15, -0.1) is 0 Å². The highest BCUT2D eigenvalue weighted by Gasteiger charge is 2.23. The molecule has 0 aliphatic heterocycles. The van der Waals surface area contributed by atoms with Crippen LogP contribution in [0, 0.1) is 0 Å². The number of aliphatic hydroxyl groups excluding tert-OH is 2. The first-order valence-corrected chi connectivity index (χ1v) is 5.98. The van der Waals surface area contributed by atoms with Gasteiger partial charge in [0.2, 0.25) is 5.91 Å². The van der Waals surface area contributed by atoms with E-state index in [1.807, 2.05) is 30.3 Å². The number of nitrogens with two attached hydrogens (primary N) is 1. The summed E-state index contributed by atoms with van der Waals surface area (Å²) in [6.45, 7) is 0.499. The summed E-state index contributed by atoms with van der Waals surface area (Å²) in [6, 6.07) is 9.04. The van der Waals surface area contributed by atoms with Crippen molar-refractivity contribution in [3.05, 3.63) is 35.9 Å². The fraction of sp³-hybridized carbons (Fsp3) is 0.462. The van der Waals surface area contributed by atoms with Gasteiger partial charge in [-0.05, 0) is 12.0 Å². The molecule has 4 N–H and O–H groups in total. The van der Waals surface area contributed by atoms with E-state index in [1.54, 1.807) is 4.90 Å². The summed E-state index contributed by atoms with van der Waals surface area (Å²) in [7, 11) is 0. The molecule has 0 aliphatic carbocycles. The third kappa shape index (κ3) is 4.44. The lowest BCUT2D eigenvalue weighted by molar-refractivity contribution is -0.123. The van der Waals surface area contributed by atoms with Gasteiger partial charge < -0.3 is 15.9 Å². The molecule has 0 spiro atoms. The van der Waals surface area contributed by atoms with E-state index in [-0.39, 0.29) is 13.2 Å². The number of primary amides is 1. The molecule has 1 amide bonds. The number of carbonyl (C=O) groups is 1. The van der Waals surface area contributed by atoms with Crippen molar-refractivity contribution in [3.8, 4) is 0 Å². The number of carbonyl (C=O) groups excluding carboxylic acids is 1. The van der Waals surface area contributed by atoms with Crippen molar-refractivity contribution in [2.45, 2.75) is 12.5 Å². The van der Waals surface area contributed by atoms with Crippen LogP contribution in [-0.2, 0) is 11.2 Å². The molecule has 0 bridgehead atoms. The molecule has 100 valence electrons. The molecule has 1 atom stereocenters. The zero-order chi connectivity index (χ0) is 13.4. The summed E-state index contributed by atoms with van der Waals surface area (Å²) >= 11 is 0. The van der Waals surface area contributed by atoms with Crippen LogP contribution in [0.3, 0.4) is 0 Å². The van der Waals surface area contributed by atoms with Crippen LogP contribution in [0.15, 0.2) is 30.3 Å². The lowest BCUT2D eigenvalue weighted by atomic mass is 10.0. The third-order valence-electron chi connectivity index (χ3n) is 2.82. The summed E-state index contributed by atoms with van der Waals surface area (Å²) in [5.74, 6) is -0.444. The second-order valence-electron chi connectivity index (χ2n) is 4.09. The summed E-state index contributed by atoms with van der Waals surface area (Å²) in [6.07, 6.45) is 0.482. The van der Waals surface area contributed by atoms with Gasteiger partial charge in [0.05, 0.1) is 19.3 Å². The number of nitrogens with zero attached hydrogens (tertiary/aromatic N) is 1. The Morgan fingerprint density at radius 2 is 1.72 bits per heavy atom. The van der Waals surface area contributed by atoms with Gasteiger partial charge in [0.15, 0.2) is 0 Å². The quantitative estimate of drug-likeness (QED) is 0.575. The Kier molecular flexibility index (Phi) is 6.35. The van der Waals surface area contributed by atoms with Crippen molar-refractivity contribution in [1.82, 2.24) is 4.90 Å². The van der Waals surface area contributed by atoms with Crippen molar-refractivity contribution >= 4 is 5.91 Å². The summed E-state index contributed by atoms with van der Waals surface area (Å²) < 4.78 is 0. The Hall–Kier alpha value is -1.43. The van der Waals surface area contributed by atoms with E-state index in [2.05, 4.69) is 0 Å². The summed E-state index contributed by atoms with van der Waals surface area (Å²) in [5.41, 5.74) is 6.40. The van der Waals surface area contributed by atoms with Crippen LogP contribution in [0.4, 0.5) is 0 Å². The number of amides is 1. The predicted molar refractivity (Wildman–Crippen MR) is 68.9 cm³/mol. The highest BCUT2D eigenvalue weighted by molar-refractivity contribution is 5.80. The first-order valence-electron chi connectivity index (χ1n) is 5.98. The lowest BCUT2D eigenvalue weighted by Gasteiger charge is -2.28. The molecule has 0 saturated heterocycles. The molecule has 1 aromatic carbocycles. The minimum absolute atomic E-state index is 0.0709. The van der Waals surface area contributed by atoms with E-state index < -0.39 is 11.9 Å². The number of benzene rings is 1. The van der Waals surface area contributed by atoms with E-state index in [4.69, 9.17) is 15.9 Å². The molecular weight excluding hydrogens is 232 g/mol. The van der Waals surface area contributed by atoms with Crippen LogP contribution < -0.4 is 5.73 Å². The van der Waals surface area contributed by atoms with Crippen molar-refractivity contribution in [1.29, 1.82) is 0 Å². The molecular formula is C13H20N2O3. The monoisotopic (exact) mass is 252 g/mol. The molecule has 0 aliphatic rings. The second-order valence-corrected chi connectivity index (χ2v) is 4.09. The molecule has 0 heterocycles. The number of hydrogen-bond acceptors (Lipinski definition) is 4. The van der Waals surface area contributed by atoms with Crippen LogP contribution in [-0.4, -0.2) is 53.4 Å². The van der Waals surface area contributed by atoms with Gasteiger partial charge in [-0.2, -0.15) is 0 Å². The standard InChI is InChI=1S/C13H20N2O3/c14-13(18)12(15(6-8-16)7-9-17)10-11-4-2-1-3-5-11/h1-5,12,16-17H,6-10H2,(H2,14,18)/t12-/m1/s1. The van der Waals surface area contributed by atoms with Crippen LogP contribution in [0.25, 0.3) is 0 Å². The van der Waals surface area contributed by atoms with E-state index in [0.717, 1.165) is 5.56 Å². The fourth-order valence-electron chi connectivity index (χ4n) is 1.93. The molecule has 0 fully saturated rings. The number of aliphatic hydroxyl groups is 2. The van der Waals surface area contributed by atoms with E-state index >= 15 is 0 Å². The molecule has 0 aromatic heterocycles. The Balaban J connectivity index is 2.77. The van der Waals surface area contributed by atoms with Crippen molar-refractivity contribution in [3.63, 3.8) is 0 Å². The molecule has 0 radical (unpaired) electrons. The second kappa shape index (κ2) is 7.81. The van der Waals surface area contributed by atoms with E-state index in [9.17, 15) is 4.79 Å². The lowest BCUT2D eigenvalue weighted by Crippen LogP contribution is -2.48. The number of rotatable bonds is 8. The average Bonchev–Trinajstić information content (AvgIpc) is 2.37. The maximum absolute atomic E-state index is 11.5. The molecule has 1 rings (SSSR count). The molecule has 5 heteroatoms. The van der Waals surface area contributed by atoms with Crippen molar-refractivity contribution in [2.75, 3.05) is 26.3 Å². The van der Waals surface area contributed by atoms with Gasteiger partial charge >= 0.3 is 0 Å². The Bertz CT molecular complexity index is 351. The smallest absolute Gasteiger partial charge is 0.235 e. The largest absolute Gasteiger partial charge is 0.395 e. The van der Waals surface area contributed by atoms with Gasteiger partial charge in [-0.1, -0.05) is 30.3 Å². The van der Waals surface area contributed by atoms with E-state index in [0.29, 0.717) is 19.5 Å². The summed E-state index contributed by atoms with van der Waals surface area (Å²) in [4.78, 5) is 13.2. The first kappa shape index (κ1) is 14.6. The van der Waals surface area contributed by atoms with Crippen molar-refractivity contribution in [2.24, 2.45) is 5.73 Å². The van der Waals surface area contributed by atoms with Crippen LogP contribution in [0.5, 0.6) is 0 Å². The molecule has 5 nitrogen and oxygen atoms in total. The topological polar surface area (TPSA) is 86.8 Å². The predicted octanol–water partition coefficient (Wildman–Crippen LogP) is -0.630. The van der Waals surface area contributed by atoms with Gasteiger partial charge in [0, 0.05) is 13.1 Å². The van der Waals surface area contributed by atoms with Crippen molar-refractivity contribution < 1.29 is 15.0 Å². The molecule has 1 aromatic rings. The zero-order valence-corrected chi connectivity index (χ0v) is 10.3. The summed E-state index contributed by atoms with van der Waals surface area (Å²) in [5, 5.41) is 18.0. The minimum atomic E-state index is -0.508. The fourth-order valence-corrected chi connectivity index (χ4v) is 1.93. The van der Waals surface area contributed by atoms with Crippen LogP contribution in [0.1, 0.15) is 5.56 Å². The third-order valence-corrected chi connectivity index (χ3v) is 2.82. The number of hydrogen-bond donors (Lipinski definition) is 3. The Morgan fingerprint density at radius 3 is 2.17 bits per heavy atom. The van der Waals surface area contributed by atoms with Gasteiger partial charge in [-0.25, -0.2) is 0 Å². The molecule has 0 saturated carbocycles. The maximum atomic E-state index is 11.5.